The fourth-order valence-electron chi connectivity index (χ4n) is 11.1. The number of hydrogen-bond acceptors (Lipinski definition) is 8. The number of quaternary nitrogens is 1. The van der Waals surface area contributed by atoms with Crippen LogP contribution in [0, 0.1) is 0 Å². The minimum atomic E-state index is -1.64. The molecule has 0 saturated heterocycles. The molecule has 0 aliphatic carbocycles. The van der Waals surface area contributed by atoms with Gasteiger partial charge in [-0.3, -0.25) is 9.59 Å². The molecule has 0 aromatic rings. The first-order valence-corrected chi connectivity index (χ1v) is 40.0. The Morgan fingerprint density at radius 1 is 0.320 bits per heavy atom. The van der Waals surface area contributed by atoms with Crippen molar-refractivity contribution in [1.82, 2.24) is 0 Å². The van der Waals surface area contributed by atoms with E-state index in [1.54, 1.807) is 0 Å². The number of aliphatic carboxylic acids is 1. The van der Waals surface area contributed by atoms with Crippen molar-refractivity contribution in [2.24, 2.45) is 0 Å². The molecule has 0 saturated carbocycles. The van der Waals surface area contributed by atoms with Gasteiger partial charge in [0.25, 0.3) is 0 Å². The average molecular weight is 1350 g/mol. The molecule has 0 radical (unpaired) electrons. The molecule has 0 aromatic carbocycles. The Kier molecular flexibility index (Phi) is 73.1. The third-order valence-electron chi connectivity index (χ3n) is 17.1. The number of esters is 2. The maximum absolute atomic E-state index is 12.9. The number of unbranched alkanes of at least 4 members (excludes halogenated alkanes) is 34. The van der Waals surface area contributed by atoms with E-state index < -0.39 is 24.3 Å². The molecule has 0 rings (SSSR count). The SMILES string of the molecule is CC/C=C\C/C=C\C/C=C\C/C=C\C/C=C\C/C=C\C/C=C\C/C=C\C/C=C\C/C=C\C/C=C\C/C=C\CCCCC(=O)OC(COC(=O)CCCCCCCCCCCCCCCCCCCCCCCCCCCCCCCCCCC)COC(OCC[N+](C)(C)C)C(=O)[O-]. The summed E-state index contributed by atoms with van der Waals surface area (Å²) in [6.07, 6.45) is 110. The van der Waals surface area contributed by atoms with Crippen LogP contribution in [0.1, 0.15) is 335 Å². The van der Waals surface area contributed by atoms with E-state index in [-0.39, 0.29) is 38.6 Å². The molecule has 0 amide bonds. The van der Waals surface area contributed by atoms with Gasteiger partial charge < -0.3 is 33.3 Å². The Hall–Kier alpha value is -4.83. The Morgan fingerprint density at radius 3 is 0.876 bits per heavy atom. The molecule has 0 fully saturated rings. The predicted octanol–water partition coefficient (Wildman–Crippen LogP) is 24.5. The monoisotopic (exact) mass is 1350 g/mol. The van der Waals surface area contributed by atoms with Crippen LogP contribution in [0.4, 0.5) is 0 Å². The Morgan fingerprint density at radius 2 is 0.588 bits per heavy atom. The van der Waals surface area contributed by atoms with Gasteiger partial charge in [0.2, 0.25) is 0 Å². The van der Waals surface area contributed by atoms with Crippen LogP contribution in [-0.4, -0.2) is 82.3 Å². The van der Waals surface area contributed by atoms with Gasteiger partial charge in [-0.05, 0) is 103 Å². The van der Waals surface area contributed by atoms with Crippen LogP contribution in [0.25, 0.3) is 0 Å². The molecule has 0 aliphatic rings. The Bertz CT molecular complexity index is 2110. The van der Waals surface area contributed by atoms with Gasteiger partial charge in [-0.25, -0.2) is 0 Å². The standard InChI is InChI=1S/C88H149NO8/c1-6-8-10-12-14-16-18-20-22-24-26-28-30-32-34-36-38-40-41-42-43-44-45-47-49-51-53-55-57-59-61-63-65-67-69-71-73-75-77-79-86(91)97-84(83-96-88(87(92)93)94-81-80-89(3,4)5)82-95-85(90)78-76-74-72-70-68-66-64-62-60-58-56-54-52-50-48-46-39-37-35-33-31-29-27-25-23-21-19-17-15-13-11-9-7-2/h8,10,14,16,20,22,26,28,32,34,38,40,42-43,45,47,51,53,57,59,63,65,69,71,84,88H,6-7,9,11-13,15,17-19,21,23-25,27,29-31,33,35-37,39,41,44,46,48-50,52,54-56,58,60-62,64,66-68,70,72-83H2,1-5H3/b10-8-,16-14-,22-20-,28-26-,34-32-,40-38-,43-42-,47-45-,53-51-,59-57-,65-63-,71-69-. The summed E-state index contributed by atoms with van der Waals surface area (Å²) in [7, 11) is 5.92. The van der Waals surface area contributed by atoms with E-state index >= 15 is 0 Å². The van der Waals surface area contributed by atoms with Gasteiger partial charge in [-0.2, -0.15) is 0 Å². The topological polar surface area (TPSA) is 111 Å². The van der Waals surface area contributed by atoms with Crippen LogP contribution in [0.5, 0.6) is 0 Å². The average Bonchev–Trinajstić information content (AvgIpc) is 2.39. The van der Waals surface area contributed by atoms with Crippen LogP contribution >= 0.6 is 0 Å². The summed E-state index contributed by atoms with van der Waals surface area (Å²) in [5, 5.41) is 11.9. The van der Waals surface area contributed by atoms with Gasteiger partial charge in [0.1, 0.15) is 13.2 Å². The highest BCUT2D eigenvalue weighted by atomic mass is 16.7. The van der Waals surface area contributed by atoms with E-state index in [0.29, 0.717) is 17.4 Å². The van der Waals surface area contributed by atoms with Crippen molar-refractivity contribution in [2.45, 2.75) is 347 Å². The number of carbonyl (C=O) groups is 3. The lowest BCUT2D eigenvalue weighted by atomic mass is 10.0. The van der Waals surface area contributed by atoms with Crippen LogP contribution in [0.15, 0.2) is 146 Å². The molecule has 0 heterocycles. The molecule has 0 N–H and O–H groups in total. The van der Waals surface area contributed by atoms with Gasteiger partial charge >= 0.3 is 11.9 Å². The van der Waals surface area contributed by atoms with Crippen molar-refractivity contribution in [3.8, 4) is 0 Å². The van der Waals surface area contributed by atoms with E-state index in [1.165, 1.54) is 193 Å². The summed E-state index contributed by atoms with van der Waals surface area (Å²) in [5.74, 6) is -2.34. The number of carbonyl (C=O) groups excluding carboxylic acids is 3. The smallest absolute Gasteiger partial charge is 0.306 e. The molecule has 0 aliphatic heterocycles. The number of carboxylic acids is 1. The summed E-state index contributed by atoms with van der Waals surface area (Å²) in [6.45, 7) is 4.61. The minimum absolute atomic E-state index is 0.133. The molecular weight excluding hydrogens is 1200 g/mol. The van der Waals surface area contributed by atoms with E-state index in [4.69, 9.17) is 18.9 Å². The Balaban J connectivity index is 4.16. The normalized spacial score (nSPS) is 13.5. The second-order valence-corrected chi connectivity index (χ2v) is 27.6. The first kappa shape index (κ1) is 92.2. The van der Waals surface area contributed by atoms with Crippen molar-refractivity contribution >= 4 is 17.9 Å². The lowest BCUT2D eigenvalue weighted by molar-refractivity contribution is -0.870. The first-order chi connectivity index (χ1) is 47.6. The molecule has 2 atom stereocenters. The van der Waals surface area contributed by atoms with Gasteiger partial charge in [0, 0.05) is 12.8 Å². The fraction of sp³-hybridized carbons (Fsp3) is 0.693. The third-order valence-corrected chi connectivity index (χ3v) is 17.1. The maximum atomic E-state index is 12.9. The summed E-state index contributed by atoms with van der Waals surface area (Å²) in [6, 6.07) is 0. The lowest BCUT2D eigenvalue weighted by Gasteiger charge is -2.26. The molecule has 9 nitrogen and oxygen atoms in total. The second-order valence-electron chi connectivity index (χ2n) is 27.6. The summed E-state index contributed by atoms with van der Waals surface area (Å²) >= 11 is 0. The zero-order chi connectivity index (χ0) is 70.4. The summed E-state index contributed by atoms with van der Waals surface area (Å²) in [5.41, 5.74) is 0. The molecule has 2 unspecified atom stereocenters. The lowest BCUT2D eigenvalue weighted by Crippen LogP contribution is -2.44. The maximum Gasteiger partial charge on any atom is 0.306 e. The molecule has 0 aromatic heterocycles. The van der Waals surface area contributed by atoms with Crippen molar-refractivity contribution in [3.63, 3.8) is 0 Å². The molecular formula is C88H149NO8. The summed E-state index contributed by atoms with van der Waals surface area (Å²) in [4.78, 5) is 37.6. The number of ether oxygens (including phenoxy) is 4. The number of allylic oxidation sites excluding steroid dienone is 24. The van der Waals surface area contributed by atoms with Gasteiger partial charge in [-0.1, -0.05) is 365 Å². The largest absolute Gasteiger partial charge is 0.545 e. The van der Waals surface area contributed by atoms with Crippen LogP contribution in [0.3, 0.4) is 0 Å². The van der Waals surface area contributed by atoms with Crippen molar-refractivity contribution in [1.29, 1.82) is 0 Å². The number of hydrogen-bond donors (Lipinski definition) is 0. The van der Waals surface area contributed by atoms with Crippen LogP contribution in [-0.2, 0) is 33.3 Å². The van der Waals surface area contributed by atoms with E-state index in [2.05, 4.69) is 160 Å². The second kappa shape index (κ2) is 76.9. The molecule has 0 bridgehead atoms. The molecule has 0 spiro atoms. The number of rotatable bonds is 73. The zero-order valence-electron chi connectivity index (χ0n) is 63.4. The minimum Gasteiger partial charge on any atom is -0.545 e. The van der Waals surface area contributed by atoms with Crippen molar-refractivity contribution < 1.29 is 42.9 Å². The van der Waals surface area contributed by atoms with Crippen LogP contribution < -0.4 is 5.11 Å². The number of likely N-dealkylation sites (N-methyl/N-ethyl adjacent to an activating group) is 1. The quantitative estimate of drug-likeness (QED) is 0.0195. The highest BCUT2D eigenvalue weighted by Crippen LogP contribution is 2.18. The number of nitrogens with zero attached hydrogens (tertiary/aromatic N) is 1. The molecule has 97 heavy (non-hydrogen) atoms. The predicted molar refractivity (Wildman–Crippen MR) is 416 cm³/mol. The zero-order valence-corrected chi connectivity index (χ0v) is 63.4. The van der Waals surface area contributed by atoms with E-state index in [0.717, 1.165) is 109 Å². The van der Waals surface area contributed by atoms with Gasteiger partial charge in [-0.15, -0.1) is 0 Å². The third kappa shape index (κ3) is 78.4. The highest BCUT2D eigenvalue weighted by molar-refractivity contribution is 5.70. The fourth-order valence-corrected chi connectivity index (χ4v) is 11.1. The van der Waals surface area contributed by atoms with Gasteiger partial charge in [0.15, 0.2) is 12.4 Å². The van der Waals surface area contributed by atoms with E-state index in [1.807, 2.05) is 21.1 Å². The molecule has 9 heteroatoms. The van der Waals surface area contributed by atoms with Gasteiger partial charge in [0.05, 0.1) is 40.3 Å². The van der Waals surface area contributed by atoms with Crippen molar-refractivity contribution in [3.05, 3.63) is 146 Å². The van der Waals surface area contributed by atoms with E-state index in [9.17, 15) is 19.5 Å². The first-order valence-electron chi connectivity index (χ1n) is 40.0. The van der Waals surface area contributed by atoms with Crippen LogP contribution in [0.2, 0.25) is 0 Å². The Labute approximate surface area is 598 Å². The van der Waals surface area contributed by atoms with Crippen molar-refractivity contribution in [2.75, 3.05) is 47.5 Å². The number of carboxylic acid groups (broad SMARTS) is 1. The summed E-state index contributed by atoms with van der Waals surface area (Å²) < 4.78 is 22.8. The highest BCUT2D eigenvalue weighted by Gasteiger charge is 2.22. The molecule has 554 valence electrons.